The lowest BCUT2D eigenvalue weighted by Gasteiger charge is -2.09. The van der Waals surface area contributed by atoms with Crippen LogP contribution in [-0.4, -0.2) is 39.7 Å². The molecule has 8 nitrogen and oxygen atoms in total. The van der Waals surface area contributed by atoms with E-state index in [4.69, 9.17) is 9.47 Å². The summed E-state index contributed by atoms with van der Waals surface area (Å²) in [5.41, 5.74) is 3.96. The Kier molecular flexibility index (Phi) is 4.67. The molecular formula is C20H19N5O3. The van der Waals surface area contributed by atoms with E-state index in [1.54, 1.807) is 37.1 Å². The lowest BCUT2D eigenvalue weighted by Crippen LogP contribution is -2.24. The van der Waals surface area contributed by atoms with Gasteiger partial charge >= 0.3 is 0 Å². The molecule has 0 aliphatic carbocycles. The fourth-order valence-electron chi connectivity index (χ4n) is 2.98. The van der Waals surface area contributed by atoms with Gasteiger partial charge in [0.05, 0.1) is 26.6 Å². The fourth-order valence-corrected chi connectivity index (χ4v) is 2.98. The second-order valence-corrected chi connectivity index (χ2v) is 6.18. The van der Waals surface area contributed by atoms with Gasteiger partial charge in [0.2, 0.25) is 0 Å². The number of carbonyl (C=O) groups excluding carboxylic acids is 1. The van der Waals surface area contributed by atoms with Crippen LogP contribution in [0.5, 0.6) is 11.5 Å². The second kappa shape index (κ2) is 7.43. The number of benzene rings is 1. The fraction of sp³-hybridized carbons (Fsp3) is 0.150. The minimum atomic E-state index is -0.217. The molecule has 0 aliphatic rings. The predicted molar refractivity (Wildman–Crippen MR) is 103 cm³/mol. The van der Waals surface area contributed by atoms with Gasteiger partial charge in [-0.3, -0.25) is 14.3 Å². The Morgan fingerprint density at radius 3 is 2.57 bits per heavy atom. The van der Waals surface area contributed by atoms with Crippen molar-refractivity contribution in [2.45, 2.75) is 6.54 Å². The Bertz CT molecular complexity index is 1100. The first-order valence-electron chi connectivity index (χ1n) is 8.64. The molecular weight excluding hydrogens is 358 g/mol. The van der Waals surface area contributed by atoms with E-state index in [1.165, 1.54) is 0 Å². The molecule has 0 saturated carbocycles. The van der Waals surface area contributed by atoms with Gasteiger partial charge in [0, 0.05) is 30.6 Å². The standard InChI is InChI=1S/C20H19N5O3/c1-27-16-5-13(6-17(8-16)28-2)9-22-20(26)18-12-21-19-7-14(3-4-25(18)19)15-10-23-24-11-15/h3-8,10-12H,9H2,1-2H3,(H,22,26)(H,23,24). The highest BCUT2D eigenvalue weighted by Crippen LogP contribution is 2.23. The zero-order chi connectivity index (χ0) is 19.5. The van der Waals surface area contributed by atoms with Crippen LogP contribution in [0.2, 0.25) is 0 Å². The number of aromatic amines is 1. The van der Waals surface area contributed by atoms with Crippen LogP contribution < -0.4 is 14.8 Å². The molecule has 0 saturated heterocycles. The Balaban J connectivity index is 1.53. The van der Waals surface area contributed by atoms with E-state index in [9.17, 15) is 4.79 Å². The molecule has 3 heterocycles. The average Bonchev–Trinajstić information content (AvgIpc) is 3.41. The van der Waals surface area contributed by atoms with Gasteiger partial charge < -0.3 is 14.8 Å². The molecule has 1 aromatic carbocycles. The van der Waals surface area contributed by atoms with Crippen LogP contribution in [0.25, 0.3) is 16.8 Å². The molecule has 0 atom stereocenters. The van der Waals surface area contributed by atoms with Crippen molar-refractivity contribution in [2.24, 2.45) is 0 Å². The molecule has 0 unspecified atom stereocenters. The molecule has 2 N–H and O–H groups in total. The monoisotopic (exact) mass is 377 g/mol. The molecule has 0 bridgehead atoms. The minimum Gasteiger partial charge on any atom is -0.497 e. The predicted octanol–water partition coefficient (Wildman–Crippen LogP) is 2.67. The van der Waals surface area contributed by atoms with Crippen LogP contribution >= 0.6 is 0 Å². The zero-order valence-electron chi connectivity index (χ0n) is 15.5. The number of rotatable bonds is 6. The Morgan fingerprint density at radius 2 is 1.89 bits per heavy atom. The highest BCUT2D eigenvalue weighted by Gasteiger charge is 2.13. The number of fused-ring (bicyclic) bond motifs is 1. The number of methoxy groups -OCH3 is 2. The maximum atomic E-state index is 12.7. The maximum Gasteiger partial charge on any atom is 0.270 e. The number of hydrogen-bond acceptors (Lipinski definition) is 5. The number of aromatic nitrogens is 4. The average molecular weight is 377 g/mol. The topological polar surface area (TPSA) is 93.5 Å². The van der Waals surface area contributed by atoms with Crippen LogP contribution in [0.15, 0.2) is 55.1 Å². The van der Waals surface area contributed by atoms with Crippen molar-refractivity contribution in [3.8, 4) is 22.6 Å². The number of ether oxygens (including phenoxy) is 2. The number of carbonyl (C=O) groups is 1. The van der Waals surface area contributed by atoms with Gasteiger partial charge in [-0.25, -0.2) is 4.98 Å². The van der Waals surface area contributed by atoms with Crippen molar-refractivity contribution >= 4 is 11.6 Å². The van der Waals surface area contributed by atoms with Gasteiger partial charge in [0.15, 0.2) is 0 Å². The normalized spacial score (nSPS) is 10.8. The highest BCUT2D eigenvalue weighted by atomic mass is 16.5. The molecule has 4 rings (SSSR count). The number of pyridine rings is 1. The van der Waals surface area contributed by atoms with E-state index in [0.29, 0.717) is 29.4 Å². The summed E-state index contributed by atoms with van der Waals surface area (Å²) >= 11 is 0. The van der Waals surface area contributed by atoms with Gasteiger partial charge in [-0.2, -0.15) is 5.10 Å². The molecule has 4 aromatic rings. The van der Waals surface area contributed by atoms with Gasteiger partial charge in [0.1, 0.15) is 22.8 Å². The van der Waals surface area contributed by atoms with Gasteiger partial charge in [-0.05, 0) is 35.4 Å². The van der Waals surface area contributed by atoms with Gasteiger partial charge in [-0.1, -0.05) is 0 Å². The molecule has 1 amide bonds. The third-order valence-electron chi connectivity index (χ3n) is 4.44. The van der Waals surface area contributed by atoms with Gasteiger partial charge in [-0.15, -0.1) is 0 Å². The third kappa shape index (κ3) is 3.39. The number of imidazole rings is 1. The molecule has 0 aliphatic heterocycles. The number of nitrogens with one attached hydrogen (secondary N) is 2. The second-order valence-electron chi connectivity index (χ2n) is 6.18. The summed E-state index contributed by atoms with van der Waals surface area (Å²) in [5.74, 6) is 1.13. The van der Waals surface area contributed by atoms with Crippen molar-refractivity contribution in [1.29, 1.82) is 0 Å². The quantitative estimate of drug-likeness (QED) is 0.539. The van der Waals surface area contributed by atoms with E-state index in [2.05, 4.69) is 20.5 Å². The number of amides is 1. The lowest BCUT2D eigenvalue weighted by molar-refractivity contribution is 0.0945. The lowest BCUT2D eigenvalue weighted by atomic mass is 10.1. The summed E-state index contributed by atoms with van der Waals surface area (Å²) in [4.78, 5) is 17.0. The zero-order valence-corrected chi connectivity index (χ0v) is 15.5. The number of H-pyrrole nitrogens is 1. The van der Waals surface area contributed by atoms with Crippen molar-refractivity contribution in [2.75, 3.05) is 14.2 Å². The van der Waals surface area contributed by atoms with Crippen molar-refractivity contribution in [1.82, 2.24) is 24.9 Å². The van der Waals surface area contributed by atoms with E-state index in [1.807, 2.05) is 36.7 Å². The summed E-state index contributed by atoms with van der Waals surface area (Å²) in [6, 6.07) is 9.33. The summed E-state index contributed by atoms with van der Waals surface area (Å²) in [7, 11) is 3.18. The minimum absolute atomic E-state index is 0.217. The molecule has 28 heavy (non-hydrogen) atoms. The first-order chi connectivity index (χ1) is 13.7. The largest absolute Gasteiger partial charge is 0.497 e. The van der Waals surface area contributed by atoms with Crippen molar-refractivity contribution < 1.29 is 14.3 Å². The molecule has 0 radical (unpaired) electrons. The van der Waals surface area contributed by atoms with Crippen LogP contribution in [0.4, 0.5) is 0 Å². The Hall–Kier alpha value is -3.81. The summed E-state index contributed by atoms with van der Waals surface area (Å²) in [5, 5.41) is 9.66. The van der Waals surface area contributed by atoms with Crippen LogP contribution in [0.3, 0.4) is 0 Å². The van der Waals surface area contributed by atoms with Crippen molar-refractivity contribution in [3.05, 3.63) is 66.4 Å². The highest BCUT2D eigenvalue weighted by molar-refractivity contribution is 5.93. The van der Waals surface area contributed by atoms with E-state index < -0.39 is 0 Å². The van der Waals surface area contributed by atoms with E-state index in [-0.39, 0.29) is 5.91 Å². The number of hydrogen-bond donors (Lipinski definition) is 2. The molecule has 0 fully saturated rings. The smallest absolute Gasteiger partial charge is 0.270 e. The van der Waals surface area contributed by atoms with Crippen LogP contribution in [0, 0.1) is 0 Å². The van der Waals surface area contributed by atoms with Crippen LogP contribution in [-0.2, 0) is 6.54 Å². The van der Waals surface area contributed by atoms with Crippen molar-refractivity contribution in [3.63, 3.8) is 0 Å². The molecule has 0 spiro atoms. The molecule has 3 aromatic heterocycles. The molecule has 142 valence electrons. The first kappa shape index (κ1) is 17.6. The van der Waals surface area contributed by atoms with E-state index in [0.717, 1.165) is 16.7 Å². The Labute approximate surface area is 161 Å². The maximum absolute atomic E-state index is 12.7. The Morgan fingerprint density at radius 1 is 1.11 bits per heavy atom. The number of nitrogens with zero attached hydrogens (tertiary/aromatic N) is 3. The third-order valence-corrected chi connectivity index (χ3v) is 4.44. The first-order valence-corrected chi connectivity index (χ1v) is 8.64. The molecule has 8 heteroatoms. The summed E-state index contributed by atoms with van der Waals surface area (Å²) < 4.78 is 12.3. The van der Waals surface area contributed by atoms with E-state index >= 15 is 0 Å². The summed E-state index contributed by atoms with van der Waals surface area (Å²) in [6.07, 6.45) is 6.94. The van der Waals surface area contributed by atoms with Gasteiger partial charge in [0.25, 0.3) is 5.91 Å². The van der Waals surface area contributed by atoms with Crippen LogP contribution in [0.1, 0.15) is 16.1 Å². The summed E-state index contributed by atoms with van der Waals surface area (Å²) in [6.45, 7) is 0.340. The SMILES string of the molecule is COc1cc(CNC(=O)c2cnc3cc(-c4cn[nH]c4)ccn23)cc(OC)c1.